The Hall–Kier alpha value is -2.39. The number of amides is 1. The molecule has 1 aliphatic heterocycles. The quantitative estimate of drug-likeness (QED) is 0.881. The smallest absolute Gasteiger partial charge is 0.246 e. The van der Waals surface area contributed by atoms with E-state index in [1.165, 1.54) is 11.1 Å². The number of nitrogens with zero attached hydrogens (tertiary/aromatic N) is 1. The largest absolute Gasteiger partial charge is 0.337 e. The molecule has 1 fully saturated rings. The van der Waals surface area contributed by atoms with Gasteiger partial charge in [0.25, 0.3) is 0 Å². The van der Waals surface area contributed by atoms with E-state index in [2.05, 4.69) is 41.7 Å². The third kappa shape index (κ3) is 4.30. The summed E-state index contributed by atoms with van der Waals surface area (Å²) in [6.07, 6.45) is 4.53. The topological polar surface area (TPSA) is 32.3 Å². The van der Waals surface area contributed by atoms with Gasteiger partial charge in [-0.25, -0.2) is 0 Å². The van der Waals surface area contributed by atoms with Crippen molar-refractivity contribution in [2.24, 2.45) is 0 Å². The lowest BCUT2D eigenvalue weighted by Gasteiger charge is -2.26. The van der Waals surface area contributed by atoms with Crippen molar-refractivity contribution in [1.29, 1.82) is 0 Å². The van der Waals surface area contributed by atoms with Crippen LogP contribution in [-0.4, -0.2) is 37.0 Å². The molecule has 23 heavy (non-hydrogen) atoms. The predicted molar refractivity (Wildman–Crippen MR) is 94.2 cm³/mol. The molecule has 0 saturated carbocycles. The summed E-state index contributed by atoms with van der Waals surface area (Å²) < 4.78 is 0. The van der Waals surface area contributed by atoms with Crippen LogP contribution in [0.4, 0.5) is 0 Å². The molecular weight excluding hydrogens is 284 g/mol. The number of hydrogen-bond acceptors (Lipinski definition) is 2. The first-order chi connectivity index (χ1) is 11.3. The molecule has 3 rings (SSSR count). The highest BCUT2D eigenvalue weighted by molar-refractivity contribution is 5.92. The fourth-order valence-electron chi connectivity index (χ4n) is 2.83. The standard InChI is InChI=1S/C20H22N2O/c23-20(22-14-12-21-13-15-22)11-10-18-8-4-5-9-19(18)16-17-6-2-1-3-7-17/h1-11,21H,12-16H2. The van der Waals surface area contributed by atoms with Gasteiger partial charge in [-0.2, -0.15) is 0 Å². The van der Waals surface area contributed by atoms with E-state index in [1.54, 1.807) is 6.08 Å². The molecule has 1 saturated heterocycles. The molecule has 1 N–H and O–H groups in total. The van der Waals surface area contributed by atoms with Crippen LogP contribution in [-0.2, 0) is 11.2 Å². The van der Waals surface area contributed by atoms with Crippen molar-refractivity contribution in [3.8, 4) is 0 Å². The third-order valence-corrected chi connectivity index (χ3v) is 4.13. The van der Waals surface area contributed by atoms with Gasteiger partial charge in [0.2, 0.25) is 5.91 Å². The van der Waals surface area contributed by atoms with Crippen molar-refractivity contribution in [3.05, 3.63) is 77.4 Å². The van der Waals surface area contributed by atoms with Crippen LogP contribution in [0, 0.1) is 0 Å². The first-order valence-corrected chi connectivity index (χ1v) is 8.12. The first-order valence-electron chi connectivity index (χ1n) is 8.12. The summed E-state index contributed by atoms with van der Waals surface area (Å²) in [6, 6.07) is 18.7. The molecule has 0 atom stereocenters. The molecule has 0 bridgehead atoms. The second kappa shape index (κ2) is 7.75. The molecule has 3 nitrogen and oxygen atoms in total. The fourth-order valence-corrected chi connectivity index (χ4v) is 2.83. The Morgan fingerprint density at radius 2 is 1.70 bits per heavy atom. The summed E-state index contributed by atoms with van der Waals surface area (Å²) in [5.41, 5.74) is 3.63. The zero-order chi connectivity index (χ0) is 15.9. The van der Waals surface area contributed by atoms with E-state index in [0.717, 1.165) is 38.2 Å². The number of carbonyl (C=O) groups is 1. The number of piperazine rings is 1. The minimum atomic E-state index is 0.0982. The molecule has 1 amide bonds. The van der Waals surface area contributed by atoms with E-state index in [9.17, 15) is 4.79 Å². The number of rotatable bonds is 4. The summed E-state index contributed by atoms with van der Waals surface area (Å²) in [4.78, 5) is 14.1. The summed E-state index contributed by atoms with van der Waals surface area (Å²) in [7, 11) is 0. The molecule has 2 aromatic carbocycles. The van der Waals surface area contributed by atoms with Crippen LogP contribution >= 0.6 is 0 Å². The molecule has 0 radical (unpaired) electrons. The molecule has 2 aromatic rings. The summed E-state index contributed by atoms with van der Waals surface area (Å²) in [5, 5.41) is 3.26. The Balaban J connectivity index is 1.72. The van der Waals surface area contributed by atoms with E-state index in [-0.39, 0.29) is 5.91 Å². The number of benzene rings is 2. The molecule has 0 spiro atoms. The lowest BCUT2D eigenvalue weighted by Crippen LogP contribution is -2.45. The second-order valence-corrected chi connectivity index (χ2v) is 5.77. The maximum Gasteiger partial charge on any atom is 0.246 e. The number of nitrogens with one attached hydrogen (secondary N) is 1. The van der Waals surface area contributed by atoms with Gasteiger partial charge in [0.05, 0.1) is 0 Å². The molecule has 1 heterocycles. The molecule has 3 heteroatoms. The summed E-state index contributed by atoms with van der Waals surface area (Å²) >= 11 is 0. The Bertz CT molecular complexity index is 673. The Kier molecular flexibility index (Phi) is 5.22. The molecule has 0 aliphatic carbocycles. The molecule has 0 unspecified atom stereocenters. The summed E-state index contributed by atoms with van der Waals surface area (Å²) in [6.45, 7) is 3.33. The average molecular weight is 306 g/mol. The maximum absolute atomic E-state index is 12.3. The Morgan fingerprint density at radius 3 is 2.48 bits per heavy atom. The van der Waals surface area contributed by atoms with Gasteiger partial charge in [0.1, 0.15) is 0 Å². The highest BCUT2D eigenvalue weighted by atomic mass is 16.2. The van der Waals surface area contributed by atoms with E-state index in [0.29, 0.717) is 0 Å². The van der Waals surface area contributed by atoms with Gasteiger partial charge < -0.3 is 10.2 Å². The normalized spacial score (nSPS) is 15.0. The lowest BCUT2D eigenvalue weighted by atomic mass is 9.99. The fraction of sp³-hybridized carbons (Fsp3) is 0.250. The zero-order valence-corrected chi connectivity index (χ0v) is 13.2. The van der Waals surface area contributed by atoms with Crippen LogP contribution in [0.25, 0.3) is 6.08 Å². The van der Waals surface area contributed by atoms with Crippen LogP contribution in [0.2, 0.25) is 0 Å². The van der Waals surface area contributed by atoms with Crippen molar-refractivity contribution in [1.82, 2.24) is 10.2 Å². The van der Waals surface area contributed by atoms with Gasteiger partial charge in [0, 0.05) is 32.3 Å². The van der Waals surface area contributed by atoms with Gasteiger partial charge in [-0.3, -0.25) is 4.79 Å². The van der Waals surface area contributed by atoms with Gasteiger partial charge in [0.15, 0.2) is 0 Å². The van der Waals surface area contributed by atoms with Crippen molar-refractivity contribution in [2.75, 3.05) is 26.2 Å². The third-order valence-electron chi connectivity index (χ3n) is 4.13. The number of hydrogen-bond donors (Lipinski definition) is 1. The van der Waals surface area contributed by atoms with E-state index in [4.69, 9.17) is 0 Å². The molecule has 0 aromatic heterocycles. The van der Waals surface area contributed by atoms with Crippen molar-refractivity contribution >= 4 is 12.0 Å². The highest BCUT2D eigenvalue weighted by Crippen LogP contribution is 2.16. The second-order valence-electron chi connectivity index (χ2n) is 5.77. The SMILES string of the molecule is O=C(C=Cc1ccccc1Cc1ccccc1)N1CCNCC1. The minimum absolute atomic E-state index is 0.0982. The van der Waals surface area contributed by atoms with Crippen molar-refractivity contribution in [3.63, 3.8) is 0 Å². The predicted octanol–water partition coefficient (Wildman–Crippen LogP) is 2.72. The minimum Gasteiger partial charge on any atom is -0.337 e. The lowest BCUT2D eigenvalue weighted by molar-refractivity contribution is -0.126. The monoisotopic (exact) mass is 306 g/mol. The van der Waals surface area contributed by atoms with E-state index >= 15 is 0 Å². The van der Waals surface area contributed by atoms with Gasteiger partial charge in [-0.15, -0.1) is 0 Å². The van der Waals surface area contributed by atoms with Gasteiger partial charge in [-0.1, -0.05) is 54.6 Å². The molecule has 1 aliphatic rings. The maximum atomic E-state index is 12.3. The Labute approximate surface area is 137 Å². The van der Waals surface area contributed by atoms with Crippen LogP contribution in [0.1, 0.15) is 16.7 Å². The zero-order valence-electron chi connectivity index (χ0n) is 13.2. The molecule has 118 valence electrons. The van der Waals surface area contributed by atoms with E-state index < -0.39 is 0 Å². The van der Waals surface area contributed by atoms with Crippen LogP contribution in [0.5, 0.6) is 0 Å². The van der Waals surface area contributed by atoms with Crippen LogP contribution < -0.4 is 5.32 Å². The number of carbonyl (C=O) groups excluding carboxylic acids is 1. The van der Waals surface area contributed by atoms with Gasteiger partial charge >= 0.3 is 0 Å². The molecular formula is C20H22N2O. The van der Waals surface area contributed by atoms with Crippen LogP contribution in [0.15, 0.2) is 60.7 Å². The highest BCUT2D eigenvalue weighted by Gasteiger charge is 2.13. The van der Waals surface area contributed by atoms with E-state index in [1.807, 2.05) is 29.2 Å². The van der Waals surface area contributed by atoms with Crippen molar-refractivity contribution < 1.29 is 4.79 Å². The van der Waals surface area contributed by atoms with Crippen molar-refractivity contribution in [2.45, 2.75) is 6.42 Å². The summed E-state index contributed by atoms with van der Waals surface area (Å²) in [5.74, 6) is 0.0982. The Morgan fingerprint density at radius 1 is 1.00 bits per heavy atom. The average Bonchev–Trinajstić information content (AvgIpc) is 2.62. The first kappa shape index (κ1) is 15.5. The van der Waals surface area contributed by atoms with Crippen LogP contribution in [0.3, 0.4) is 0 Å². The van der Waals surface area contributed by atoms with Gasteiger partial charge in [-0.05, 0) is 29.2 Å².